The van der Waals surface area contributed by atoms with Gasteiger partial charge in [0.25, 0.3) is 5.91 Å². The van der Waals surface area contributed by atoms with Crippen LogP contribution in [0.4, 0.5) is 0 Å². The molecule has 9 nitrogen and oxygen atoms in total. The zero-order valence-electron chi connectivity index (χ0n) is 14.0. The van der Waals surface area contributed by atoms with Crippen molar-refractivity contribution in [3.63, 3.8) is 0 Å². The number of carbonyl (C=O) groups excluding carboxylic acids is 3. The van der Waals surface area contributed by atoms with Gasteiger partial charge in [0, 0.05) is 38.2 Å². The zero-order valence-corrected chi connectivity index (χ0v) is 14.0. The Morgan fingerprint density at radius 2 is 1.81 bits per heavy atom. The molecule has 0 radical (unpaired) electrons. The first-order valence-electron chi connectivity index (χ1n) is 8.51. The van der Waals surface area contributed by atoms with E-state index >= 15 is 0 Å². The van der Waals surface area contributed by atoms with Crippen molar-refractivity contribution in [2.24, 2.45) is 0 Å². The molecule has 0 spiro atoms. The minimum Gasteiger partial charge on any atom is -0.408 e. The lowest BCUT2D eigenvalue weighted by Crippen LogP contribution is -2.54. The second kappa shape index (κ2) is 6.32. The van der Waals surface area contributed by atoms with Crippen LogP contribution in [0.1, 0.15) is 23.2 Å². The highest BCUT2D eigenvalue weighted by atomic mass is 16.4. The van der Waals surface area contributed by atoms with Gasteiger partial charge in [0.2, 0.25) is 11.8 Å². The third kappa shape index (κ3) is 2.96. The summed E-state index contributed by atoms with van der Waals surface area (Å²) in [6, 6.07) is 4.38. The second-order valence-corrected chi connectivity index (χ2v) is 6.50. The first-order valence-corrected chi connectivity index (χ1v) is 8.51. The lowest BCUT2D eigenvalue weighted by Gasteiger charge is -2.35. The van der Waals surface area contributed by atoms with Crippen LogP contribution in [-0.2, 0) is 9.59 Å². The largest absolute Gasteiger partial charge is 0.417 e. The van der Waals surface area contributed by atoms with Crippen LogP contribution in [0.5, 0.6) is 0 Å². The smallest absolute Gasteiger partial charge is 0.408 e. The number of aromatic amines is 1. The van der Waals surface area contributed by atoms with Gasteiger partial charge >= 0.3 is 5.76 Å². The zero-order chi connectivity index (χ0) is 18.3. The number of hydrogen-bond acceptors (Lipinski definition) is 5. The first-order chi connectivity index (χ1) is 12.5. The fourth-order valence-corrected chi connectivity index (χ4v) is 3.41. The number of oxazole rings is 1. The number of piperazine rings is 1. The molecule has 4 rings (SSSR count). The molecule has 2 saturated heterocycles. The molecule has 0 saturated carbocycles. The van der Waals surface area contributed by atoms with Crippen molar-refractivity contribution in [3.8, 4) is 0 Å². The summed E-state index contributed by atoms with van der Waals surface area (Å²) >= 11 is 0. The molecular formula is C17H18N4O5. The topological polar surface area (TPSA) is 116 Å². The predicted molar refractivity (Wildman–Crippen MR) is 90.5 cm³/mol. The van der Waals surface area contributed by atoms with E-state index in [0.717, 1.165) is 0 Å². The van der Waals surface area contributed by atoms with Crippen LogP contribution >= 0.6 is 0 Å². The van der Waals surface area contributed by atoms with Crippen LogP contribution in [0.15, 0.2) is 27.4 Å². The van der Waals surface area contributed by atoms with Crippen molar-refractivity contribution < 1.29 is 18.8 Å². The van der Waals surface area contributed by atoms with Gasteiger partial charge in [0.15, 0.2) is 5.58 Å². The van der Waals surface area contributed by atoms with Crippen molar-refractivity contribution >= 4 is 28.8 Å². The van der Waals surface area contributed by atoms with E-state index in [1.165, 1.54) is 0 Å². The standard InChI is InChI=1S/C17H18N4O5/c22-14-4-3-12(18-14)16(24)21-7-5-20(6-8-21)15(23)10-1-2-11-13(9-10)26-17(25)19-11/h1-2,9,12H,3-8H2,(H,18,22)(H,19,25). The van der Waals surface area contributed by atoms with Gasteiger partial charge in [-0.05, 0) is 24.6 Å². The highest BCUT2D eigenvalue weighted by molar-refractivity contribution is 5.97. The molecular weight excluding hydrogens is 340 g/mol. The number of rotatable bonds is 2. The summed E-state index contributed by atoms with van der Waals surface area (Å²) in [6.07, 6.45) is 0.908. The van der Waals surface area contributed by atoms with E-state index in [-0.39, 0.29) is 17.7 Å². The quantitative estimate of drug-likeness (QED) is 0.764. The number of H-pyrrole nitrogens is 1. The number of amides is 3. The molecule has 1 aromatic carbocycles. The van der Waals surface area contributed by atoms with E-state index in [1.54, 1.807) is 28.0 Å². The van der Waals surface area contributed by atoms with Crippen molar-refractivity contribution in [2.75, 3.05) is 26.2 Å². The van der Waals surface area contributed by atoms with Gasteiger partial charge in [-0.15, -0.1) is 0 Å². The molecule has 2 fully saturated rings. The van der Waals surface area contributed by atoms with Gasteiger partial charge in [-0.25, -0.2) is 4.79 Å². The Morgan fingerprint density at radius 3 is 2.50 bits per heavy atom. The number of nitrogens with one attached hydrogen (secondary N) is 2. The number of carbonyl (C=O) groups is 3. The Balaban J connectivity index is 1.40. The lowest BCUT2D eigenvalue weighted by molar-refractivity contribution is -0.135. The normalized spacial score (nSPS) is 20.5. The first kappa shape index (κ1) is 16.4. The van der Waals surface area contributed by atoms with Gasteiger partial charge in [-0.3, -0.25) is 19.4 Å². The maximum Gasteiger partial charge on any atom is 0.417 e. The minimum absolute atomic E-state index is 0.0848. The Morgan fingerprint density at radius 1 is 1.08 bits per heavy atom. The van der Waals surface area contributed by atoms with Gasteiger partial charge in [0.05, 0.1) is 5.52 Å². The Hall–Kier alpha value is -3.10. The lowest BCUT2D eigenvalue weighted by atomic mass is 10.1. The molecule has 2 aliphatic rings. The van der Waals surface area contributed by atoms with Crippen molar-refractivity contribution in [1.29, 1.82) is 0 Å². The number of nitrogens with zero attached hydrogens (tertiary/aromatic N) is 2. The van der Waals surface area contributed by atoms with E-state index in [4.69, 9.17) is 4.42 Å². The third-order valence-electron chi connectivity index (χ3n) is 4.84. The third-order valence-corrected chi connectivity index (χ3v) is 4.84. The monoisotopic (exact) mass is 358 g/mol. The van der Waals surface area contributed by atoms with E-state index in [9.17, 15) is 19.2 Å². The second-order valence-electron chi connectivity index (χ2n) is 6.50. The summed E-state index contributed by atoms with van der Waals surface area (Å²) < 4.78 is 4.99. The minimum atomic E-state index is -0.560. The van der Waals surface area contributed by atoms with E-state index < -0.39 is 11.8 Å². The average Bonchev–Trinajstić information content (AvgIpc) is 3.24. The summed E-state index contributed by atoms with van der Waals surface area (Å²) in [5, 5.41) is 2.68. The van der Waals surface area contributed by atoms with Crippen LogP contribution < -0.4 is 11.1 Å². The summed E-state index contributed by atoms with van der Waals surface area (Å²) in [4.78, 5) is 53.4. The van der Waals surface area contributed by atoms with E-state index in [1.807, 2.05) is 0 Å². The van der Waals surface area contributed by atoms with Crippen LogP contribution in [0, 0.1) is 0 Å². The van der Waals surface area contributed by atoms with Gasteiger partial charge in [-0.2, -0.15) is 0 Å². The average molecular weight is 358 g/mol. The predicted octanol–water partition coefficient (Wildman–Crippen LogP) is -0.316. The van der Waals surface area contributed by atoms with Crippen LogP contribution in [-0.4, -0.2) is 64.7 Å². The number of benzene rings is 1. The number of aromatic nitrogens is 1. The summed E-state index contributed by atoms with van der Waals surface area (Å²) in [7, 11) is 0. The molecule has 0 bridgehead atoms. The fourth-order valence-electron chi connectivity index (χ4n) is 3.41. The SMILES string of the molecule is O=C1CCC(C(=O)N2CCN(C(=O)c3ccc4[nH]c(=O)oc4c3)CC2)N1. The van der Waals surface area contributed by atoms with Crippen molar-refractivity contribution in [1.82, 2.24) is 20.1 Å². The molecule has 9 heteroatoms. The van der Waals surface area contributed by atoms with Crippen LogP contribution in [0.2, 0.25) is 0 Å². The van der Waals surface area contributed by atoms with Crippen LogP contribution in [0.25, 0.3) is 11.1 Å². The highest BCUT2D eigenvalue weighted by Gasteiger charge is 2.33. The van der Waals surface area contributed by atoms with Gasteiger partial charge < -0.3 is 19.5 Å². The summed E-state index contributed by atoms with van der Waals surface area (Å²) in [5.41, 5.74) is 1.32. The number of fused-ring (bicyclic) bond motifs is 1. The van der Waals surface area contributed by atoms with E-state index in [0.29, 0.717) is 55.7 Å². The molecule has 1 atom stereocenters. The molecule has 26 heavy (non-hydrogen) atoms. The molecule has 1 unspecified atom stereocenters. The Labute approximate surface area is 147 Å². The summed E-state index contributed by atoms with van der Waals surface area (Å²) in [6.45, 7) is 1.69. The highest BCUT2D eigenvalue weighted by Crippen LogP contribution is 2.16. The van der Waals surface area contributed by atoms with Gasteiger partial charge in [-0.1, -0.05) is 0 Å². The molecule has 3 heterocycles. The maximum absolute atomic E-state index is 12.7. The molecule has 3 amide bonds. The number of hydrogen-bond donors (Lipinski definition) is 2. The molecule has 136 valence electrons. The maximum atomic E-state index is 12.7. The molecule has 1 aromatic heterocycles. The van der Waals surface area contributed by atoms with Crippen LogP contribution in [0.3, 0.4) is 0 Å². The Bertz CT molecular complexity index is 938. The molecule has 0 aliphatic carbocycles. The summed E-state index contributed by atoms with van der Waals surface area (Å²) in [5.74, 6) is -0.907. The molecule has 2 aliphatic heterocycles. The van der Waals surface area contributed by atoms with E-state index in [2.05, 4.69) is 10.3 Å². The van der Waals surface area contributed by atoms with Crippen molar-refractivity contribution in [3.05, 3.63) is 34.3 Å². The Kier molecular flexibility index (Phi) is 3.98. The van der Waals surface area contributed by atoms with Crippen molar-refractivity contribution in [2.45, 2.75) is 18.9 Å². The molecule has 2 N–H and O–H groups in total. The fraction of sp³-hybridized carbons (Fsp3) is 0.412. The molecule has 2 aromatic rings. The van der Waals surface area contributed by atoms with Gasteiger partial charge in [0.1, 0.15) is 6.04 Å².